The van der Waals surface area contributed by atoms with Crippen LogP contribution in [0.1, 0.15) is 79.6 Å². The van der Waals surface area contributed by atoms with E-state index >= 15 is 0 Å². The third-order valence-corrected chi connectivity index (χ3v) is 7.59. The van der Waals surface area contributed by atoms with Gasteiger partial charge in [-0.2, -0.15) is 0 Å². The van der Waals surface area contributed by atoms with Crippen LogP contribution < -0.4 is 5.56 Å². The lowest BCUT2D eigenvalue weighted by Crippen LogP contribution is -2.41. The average Bonchev–Trinajstić information content (AvgIpc) is 3.33. The second-order valence-corrected chi connectivity index (χ2v) is 10.2. The van der Waals surface area contributed by atoms with Gasteiger partial charge in [-0.15, -0.1) is 5.10 Å². The van der Waals surface area contributed by atoms with Crippen LogP contribution in [0.15, 0.2) is 53.3 Å². The van der Waals surface area contributed by atoms with E-state index in [9.17, 15) is 4.79 Å². The molecular weight excluding hydrogens is 448 g/mol. The summed E-state index contributed by atoms with van der Waals surface area (Å²) < 4.78 is 1.93. The Hall–Kier alpha value is -3.32. The van der Waals surface area contributed by atoms with Crippen molar-refractivity contribution in [2.45, 2.75) is 84.5 Å². The van der Waals surface area contributed by atoms with E-state index in [2.05, 4.69) is 76.5 Å². The number of H-pyrrole nitrogens is 1. The van der Waals surface area contributed by atoms with Gasteiger partial charge in [-0.25, -0.2) is 4.68 Å². The van der Waals surface area contributed by atoms with E-state index in [0.29, 0.717) is 19.1 Å². The fourth-order valence-electron chi connectivity index (χ4n) is 5.84. The topological polar surface area (TPSA) is 79.7 Å². The normalized spacial score (nSPS) is 15.6. The SMILES string of the molecule is CCC(c1nnnn1Cc1ccccc1)N(Cc1cc2cc(C)cc(C)c2[nH]c1=O)C1CCCCC1. The number of aromatic amines is 1. The number of pyridine rings is 1. The number of nitrogens with zero attached hydrogens (tertiary/aromatic N) is 5. The summed E-state index contributed by atoms with van der Waals surface area (Å²) in [5, 5.41) is 14.0. The van der Waals surface area contributed by atoms with E-state index in [4.69, 9.17) is 0 Å². The maximum Gasteiger partial charge on any atom is 0.252 e. The summed E-state index contributed by atoms with van der Waals surface area (Å²) in [6.45, 7) is 7.57. The third-order valence-electron chi connectivity index (χ3n) is 7.59. The number of tetrazole rings is 1. The van der Waals surface area contributed by atoms with Crippen LogP contribution in [0.3, 0.4) is 0 Å². The summed E-state index contributed by atoms with van der Waals surface area (Å²) >= 11 is 0. The molecule has 1 unspecified atom stereocenters. The molecule has 36 heavy (non-hydrogen) atoms. The van der Waals surface area contributed by atoms with Gasteiger partial charge in [0, 0.05) is 18.2 Å². The van der Waals surface area contributed by atoms with Crippen LogP contribution in [-0.4, -0.2) is 36.1 Å². The number of benzene rings is 2. The van der Waals surface area contributed by atoms with E-state index in [1.165, 1.54) is 30.4 Å². The molecule has 0 aliphatic heterocycles. The molecular formula is C29H36N6O. The van der Waals surface area contributed by atoms with Crippen LogP contribution in [0.2, 0.25) is 0 Å². The Balaban J connectivity index is 1.52. The number of rotatable bonds is 8. The summed E-state index contributed by atoms with van der Waals surface area (Å²) in [4.78, 5) is 18.9. The molecule has 4 aromatic rings. The number of hydrogen-bond acceptors (Lipinski definition) is 5. The molecule has 2 aromatic carbocycles. The molecule has 7 heteroatoms. The summed E-state index contributed by atoms with van der Waals surface area (Å²) in [5.74, 6) is 0.871. The highest BCUT2D eigenvalue weighted by Crippen LogP contribution is 2.33. The molecule has 0 spiro atoms. The molecule has 0 bridgehead atoms. The van der Waals surface area contributed by atoms with E-state index in [-0.39, 0.29) is 11.6 Å². The first kappa shape index (κ1) is 24.4. The number of fused-ring (bicyclic) bond motifs is 1. The van der Waals surface area contributed by atoms with E-state index < -0.39 is 0 Å². The zero-order valence-electron chi connectivity index (χ0n) is 21.6. The van der Waals surface area contributed by atoms with Gasteiger partial charge in [0.2, 0.25) is 0 Å². The van der Waals surface area contributed by atoms with Crippen molar-refractivity contribution in [1.29, 1.82) is 0 Å². The van der Waals surface area contributed by atoms with Gasteiger partial charge in [-0.05, 0) is 72.2 Å². The molecule has 0 saturated heterocycles. The Morgan fingerprint density at radius 1 is 1.08 bits per heavy atom. The summed E-state index contributed by atoms with van der Waals surface area (Å²) in [5.41, 5.74) is 5.20. The Morgan fingerprint density at radius 2 is 1.86 bits per heavy atom. The molecule has 1 aliphatic carbocycles. The minimum absolute atomic E-state index is 0.00556. The monoisotopic (exact) mass is 484 g/mol. The van der Waals surface area contributed by atoms with Crippen LogP contribution >= 0.6 is 0 Å². The molecule has 1 fully saturated rings. The van der Waals surface area contributed by atoms with Crippen molar-refractivity contribution in [2.24, 2.45) is 0 Å². The van der Waals surface area contributed by atoms with Crippen molar-refractivity contribution in [3.05, 3.63) is 87.0 Å². The fourth-order valence-corrected chi connectivity index (χ4v) is 5.84. The molecule has 7 nitrogen and oxygen atoms in total. The fraction of sp³-hybridized carbons (Fsp3) is 0.448. The first-order chi connectivity index (χ1) is 17.5. The highest BCUT2D eigenvalue weighted by Gasteiger charge is 2.32. The van der Waals surface area contributed by atoms with Gasteiger partial charge >= 0.3 is 0 Å². The molecule has 1 atom stereocenters. The van der Waals surface area contributed by atoms with Crippen molar-refractivity contribution in [1.82, 2.24) is 30.1 Å². The van der Waals surface area contributed by atoms with Gasteiger partial charge in [0.05, 0.1) is 18.1 Å². The number of nitrogens with one attached hydrogen (secondary N) is 1. The molecule has 188 valence electrons. The summed E-state index contributed by atoms with van der Waals surface area (Å²) in [6.07, 6.45) is 6.87. The molecule has 2 aromatic heterocycles. The van der Waals surface area contributed by atoms with Gasteiger partial charge in [-0.3, -0.25) is 9.69 Å². The lowest BCUT2D eigenvalue weighted by atomic mass is 9.92. The first-order valence-corrected chi connectivity index (χ1v) is 13.2. The van der Waals surface area contributed by atoms with Gasteiger partial charge in [0.25, 0.3) is 5.56 Å². The molecule has 1 saturated carbocycles. The predicted octanol–water partition coefficient (Wildman–Crippen LogP) is 5.47. The maximum absolute atomic E-state index is 13.3. The van der Waals surface area contributed by atoms with E-state index in [1.54, 1.807) is 0 Å². The molecule has 0 radical (unpaired) electrons. The van der Waals surface area contributed by atoms with Gasteiger partial charge < -0.3 is 4.98 Å². The van der Waals surface area contributed by atoms with Crippen molar-refractivity contribution in [3.63, 3.8) is 0 Å². The van der Waals surface area contributed by atoms with Crippen LogP contribution in [0.4, 0.5) is 0 Å². The zero-order chi connectivity index (χ0) is 25.1. The maximum atomic E-state index is 13.3. The highest BCUT2D eigenvalue weighted by molar-refractivity contribution is 5.82. The van der Waals surface area contributed by atoms with Gasteiger partial charge in [-0.1, -0.05) is 68.1 Å². The molecule has 2 heterocycles. The van der Waals surface area contributed by atoms with Crippen molar-refractivity contribution < 1.29 is 0 Å². The Morgan fingerprint density at radius 3 is 2.61 bits per heavy atom. The Labute approximate surface area is 212 Å². The van der Waals surface area contributed by atoms with Crippen LogP contribution in [-0.2, 0) is 13.1 Å². The van der Waals surface area contributed by atoms with Crippen molar-refractivity contribution in [3.8, 4) is 0 Å². The van der Waals surface area contributed by atoms with Gasteiger partial charge in [0.1, 0.15) is 0 Å². The number of hydrogen-bond donors (Lipinski definition) is 1. The third kappa shape index (κ3) is 5.12. The van der Waals surface area contributed by atoms with Crippen molar-refractivity contribution in [2.75, 3.05) is 0 Å². The molecule has 1 aliphatic rings. The van der Waals surface area contributed by atoms with E-state index in [1.807, 2.05) is 22.9 Å². The van der Waals surface area contributed by atoms with Gasteiger partial charge in [0.15, 0.2) is 5.82 Å². The van der Waals surface area contributed by atoms with Crippen LogP contribution in [0.25, 0.3) is 10.9 Å². The smallest absolute Gasteiger partial charge is 0.252 e. The highest BCUT2D eigenvalue weighted by atomic mass is 16.1. The largest absolute Gasteiger partial charge is 0.321 e. The second kappa shape index (κ2) is 10.7. The molecule has 5 rings (SSSR count). The molecule has 0 amide bonds. The predicted molar refractivity (Wildman–Crippen MR) is 143 cm³/mol. The lowest BCUT2D eigenvalue weighted by Gasteiger charge is -2.39. The number of aromatic nitrogens is 5. The minimum Gasteiger partial charge on any atom is -0.321 e. The Bertz CT molecular complexity index is 1370. The molecule has 1 N–H and O–H groups in total. The Kier molecular flexibility index (Phi) is 7.28. The zero-order valence-corrected chi connectivity index (χ0v) is 21.6. The van der Waals surface area contributed by atoms with Crippen molar-refractivity contribution >= 4 is 10.9 Å². The number of aryl methyl sites for hydroxylation is 2. The summed E-state index contributed by atoms with van der Waals surface area (Å²) in [7, 11) is 0. The average molecular weight is 485 g/mol. The second-order valence-electron chi connectivity index (χ2n) is 10.2. The lowest BCUT2D eigenvalue weighted by molar-refractivity contribution is 0.0844. The summed E-state index contributed by atoms with van der Waals surface area (Å²) in [6, 6.07) is 17.1. The standard InChI is InChI=1S/C29H36N6O/c1-4-26(28-31-32-33-35(28)18-22-11-7-5-8-12-22)34(25-13-9-6-10-14-25)19-24-17-23-16-20(2)15-21(3)27(23)30-29(24)36/h5,7-8,11-12,15-17,25-26H,4,6,9-10,13-14,18-19H2,1-3H3,(H,30,36). The van der Waals surface area contributed by atoms with Crippen LogP contribution in [0.5, 0.6) is 0 Å². The minimum atomic E-state index is -0.00556. The van der Waals surface area contributed by atoms with E-state index in [0.717, 1.165) is 47.1 Å². The quantitative estimate of drug-likeness (QED) is 0.359. The van der Waals surface area contributed by atoms with Crippen LogP contribution in [0, 0.1) is 13.8 Å². The first-order valence-electron chi connectivity index (χ1n) is 13.2.